The molecule has 0 unspecified atom stereocenters. The topological polar surface area (TPSA) is 88.8 Å². The van der Waals surface area contributed by atoms with Gasteiger partial charge in [0, 0.05) is 5.56 Å². The monoisotopic (exact) mass is 449 g/mol. The molecule has 4 rings (SSSR count). The molecule has 2 aromatic rings. The van der Waals surface area contributed by atoms with E-state index in [1.54, 1.807) is 0 Å². The SMILES string of the molecule is [C-]#[N+]c1cnc(/C(F)=C/c2ccc(F)c([C@@]3(C)N=C(N)S[C@]4(CO)[C@H]3C4(F)F)c2)cn1. The van der Waals surface area contributed by atoms with Crippen molar-refractivity contribution in [1.29, 1.82) is 0 Å². The third kappa shape index (κ3) is 3.09. The number of hydrogen-bond donors (Lipinski definition) is 2. The van der Waals surface area contributed by atoms with Crippen LogP contribution in [0.25, 0.3) is 16.7 Å². The number of thioether (sulfide) groups is 1. The molecular weight excluding hydrogens is 434 g/mol. The van der Waals surface area contributed by atoms with Crippen molar-refractivity contribution in [2.45, 2.75) is 23.1 Å². The maximum absolute atomic E-state index is 14.8. The maximum atomic E-state index is 14.8. The van der Waals surface area contributed by atoms with E-state index in [1.807, 2.05) is 0 Å². The van der Waals surface area contributed by atoms with Crippen LogP contribution in [0.5, 0.6) is 0 Å². The lowest BCUT2D eigenvalue weighted by molar-refractivity contribution is 0.0685. The van der Waals surface area contributed by atoms with E-state index in [0.29, 0.717) is 11.8 Å². The number of nitrogens with zero attached hydrogens (tertiary/aromatic N) is 4. The normalized spacial score (nSPS) is 29.0. The fourth-order valence-corrected chi connectivity index (χ4v) is 5.42. The number of halogens is 4. The van der Waals surface area contributed by atoms with Gasteiger partial charge in [0.1, 0.15) is 22.5 Å². The minimum absolute atomic E-state index is 0.00288. The molecule has 1 aliphatic carbocycles. The van der Waals surface area contributed by atoms with Crippen molar-refractivity contribution >= 4 is 34.7 Å². The molecule has 3 atom stereocenters. The Morgan fingerprint density at radius 3 is 2.71 bits per heavy atom. The summed E-state index contributed by atoms with van der Waals surface area (Å²) in [5.41, 5.74) is 3.84. The zero-order valence-corrected chi connectivity index (χ0v) is 16.8. The highest BCUT2D eigenvalue weighted by molar-refractivity contribution is 8.15. The Kier molecular flexibility index (Phi) is 4.83. The molecule has 0 spiro atoms. The van der Waals surface area contributed by atoms with Gasteiger partial charge < -0.3 is 15.7 Å². The van der Waals surface area contributed by atoms with Gasteiger partial charge >= 0.3 is 0 Å². The summed E-state index contributed by atoms with van der Waals surface area (Å²) in [5, 5.41) is 9.45. The summed E-state index contributed by atoms with van der Waals surface area (Å²) >= 11 is 0.585. The molecule has 0 saturated heterocycles. The van der Waals surface area contributed by atoms with E-state index in [9.17, 15) is 22.7 Å². The highest BCUT2D eigenvalue weighted by atomic mass is 32.2. The zero-order chi connectivity index (χ0) is 22.6. The van der Waals surface area contributed by atoms with Crippen molar-refractivity contribution in [2.75, 3.05) is 6.61 Å². The summed E-state index contributed by atoms with van der Waals surface area (Å²) in [6, 6.07) is 3.53. The molecule has 1 aliphatic heterocycles. The highest BCUT2D eigenvalue weighted by Gasteiger charge is 2.87. The first-order chi connectivity index (χ1) is 14.6. The van der Waals surface area contributed by atoms with Crippen molar-refractivity contribution in [3.05, 3.63) is 64.6 Å². The molecule has 6 nitrogen and oxygen atoms in total. The molecular formula is C20H15F4N5OS. The summed E-state index contributed by atoms with van der Waals surface area (Å²) in [5.74, 6) is -6.43. The quantitative estimate of drug-likeness (QED) is 0.546. The van der Waals surface area contributed by atoms with Gasteiger partial charge in [-0.1, -0.05) is 24.4 Å². The number of fused-ring (bicyclic) bond motifs is 1. The molecule has 31 heavy (non-hydrogen) atoms. The zero-order valence-electron chi connectivity index (χ0n) is 16.0. The smallest absolute Gasteiger partial charge is 0.287 e. The van der Waals surface area contributed by atoms with Crippen LogP contribution in [0, 0.1) is 18.3 Å². The van der Waals surface area contributed by atoms with Gasteiger partial charge in [0.2, 0.25) is 0 Å². The minimum Gasteiger partial charge on any atom is -0.395 e. The molecule has 160 valence electrons. The number of nitrogens with two attached hydrogens (primary N) is 1. The number of aliphatic imine (C=N–C) groups is 1. The standard InChI is InChI=1S/C20H15F4N5OS/c1-18(16-19(9-30,20(16,23)24)31-17(25)29-18)11-5-10(3-4-12(11)21)6-13(22)14-7-28-15(26-2)8-27-14/h3-8,16,30H,9H2,1H3,(H2,25,29)/b13-6-/t16-,18+,19+/m0/s1. The van der Waals surface area contributed by atoms with Gasteiger partial charge in [-0.25, -0.2) is 17.6 Å². The number of hydrogen-bond acceptors (Lipinski definition) is 6. The second-order valence-corrected chi connectivity index (χ2v) is 8.76. The molecule has 0 bridgehead atoms. The maximum Gasteiger partial charge on any atom is 0.287 e. The van der Waals surface area contributed by atoms with Gasteiger partial charge in [-0.2, -0.15) is 0 Å². The Morgan fingerprint density at radius 1 is 1.35 bits per heavy atom. The van der Waals surface area contributed by atoms with E-state index in [1.165, 1.54) is 19.1 Å². The Bertz CT molecular complexity index is 1160. The van der Waals surface area contributed by atoms with Crippen molar-refractivity contribution in [3.63, 3.8) is 0 Å². The Hall–Kier alpha value is -2.97. The predicted octanol–water partition coefficient (Wildman–Crippen LogP) is 3.91. The Labute approximate surface area is 178 Å². The summed E-state index contributed by atoms with van der Waals surface area (Å²) in [7, 11) is 0. The molecule has 1 saturated carbocycles. The second kappa shape index (κ2) is 7.03. The summed E-state index contributed by atoms with van der Waals surface area (Å²) < 4.78 is 56.9. The molecule has 1 aromatic heterocycles. The van der Waals surface area contributed by atoms with Gasteiger partial charge in [-0.05, 0) is 30.7 Å². The van der Waals surface area contributed by atoms with Gasteiger partial charge in [-0.3, -0.25) is 9.98 Å². The van der Waals surface area contributed by atoms with Crippen molar-refractivity contribution in [2.24, 2.45) is 16.6 Å². The molecule has 2 heterocycles. The van der Waals surface area contributed by atoms with E-state index >= 15 is 0 Å². The third-order valence-electron chi connectivity index (χ3n) is 5.56. The van der Waals surface area contributed by atoms with E-state index in [0.717, 1.165) is 24.5 Å². The molecule has 11 heteroatoms. The van der Waals surface area contributed by atoms with Gasteiger partial charge in [0.05, 0.1) is 24.3 Å². The van der Waals surface area contributed by atoms with Crippen LogP contribution in [-0.2, 0) is 5.54 Å². The van der Waals surface area contributed by atoms with Gasteiger partial charge in [-0.15, -0.1) is 4.98 Å². The minimum atomic E-state index is -3.32. The van der Waals surface area contributed by atoms with E-state index in [4.69, 9.17) is 12.3 Å². The molecule has 1 fully saturated rings. The van der Waals surface area contributed by atoms with Crippen LogP contribution in [0.3, 0.4) is 0 Å². The molecule has 1 aromatic carbocycles. The lowest BCUT2D eigenvalue weighted by atomic mass is 9.84. The average molecular weight is 449 g/mol. The number of benzene rings is 1. The molecule has 2 aliphatic rings. The van der Waals surface area contributed by atoms with Gasteiger partial charge in [0.15, 0.2) is 11.0 Å². The third-order valence-corrected chi connectivity index (χ3v) is 6.86. The van der Waals surface area contributed by atoms with E-state index in [2.05, 4.69) is 19.8 Å². The number of aromatic nitrogens is 2. The summed E-state index contributed by atoms with van der Waals surface area (Å²) in [6.45, 7) is 7.31. The van der Waals surface area contributed by atoms with Crippen molar-refractivity contribution in [3.8, 4) is 0 Å². The van der Waals surface area contributed by atoms with E-state index < -0.39 is 40.4 Å². The number of alkyl halides is 2. The fraction of sp³-hybridized carbons (Fsp3) is 0.300. The Morgan fingerprint density at radius 2 is 2.10 bits per heavy atom. The van der Waals surface area contributed by atoms with Crippen LogP contribution in [-0.4, -0.2) is 37.5 Å². The predicted molar refractivity (Wildman–Crippen MR) is 108 cm³/mol. The summed E-state index contributed by atoms with van der Waals surface area (Å²) in [6.07, 6.45) is 3.23. The first-order valence-electron chi connectivity index (χ1n) is 8.99. The van der Waals surface area contributed by atoms with Crippen LogP contribution in [0.1, 0.15) is 23.7 Å². The van der Waals surface area contributed by atoms with Crippen LogP contribution in [0.2, 0.25) is 0 Å². The van der Waals surface area contributed by atoms with Gasteiger partial charge in [0.25, 0.3) is 11.7 Å². The fourth-order valence-electron chi connectivity index (χ4n) is 4.06. The van der Waals surface area contributed by atoms with Crippen LogP contribution in [0.4, 0.5) is 23.4 Å². The molecule has 3 N–H and O–H groups in total. The van der Waals surface area contributed by atoms with Crippen LogP contribution < -0.4 is 5.73 Å². The number of amidine groups is 1. The molecule has 0 radical (unpaired) electrons. The highest BCUT2D eigenvalue weighted by Crippen LogP contribution is 2.74. The lowest BCUT2D eigenvalue weighted by Gasteiger charge is -2.32. The van der Waals surface area contributed by atoms with E-state index in [-0.39, 0.29) is 27.8 Å². The number of rotatable bonds is 4. The first-order valence-corrected chi connectivity index (χ1v) is 9.81. The van der Waals surface area contributed by atoms with Crippen molar-refractivity contribution in [1.82, 2.24) is 9.97 Å². The number of aliphatic hydroxyl groups is 1. The first kappa shape index (κ1) is 21.3. The van der Waals surface area contributed by atoms with Crippen LogP contribution in [0.15, 0.2) is 35.6 Å². The largest absolute Gasteiger partial charge is 0.395 e. The lowest BCUT2D eigenvalue weighted by Crippen LogP contribution is -2.37. The van der Waals surface area contributed by atoms with Crippen molar-refractivity contribution < 1.29 is 22.7 Å². The Balaban J connectivity index is 1.76. The average Bonchev–Trinajstić information content (AvgIpc) is 3.25. The summed E-state index contributed by atoms with van der Waals surface area (Å²) in [4.78, 5) is 14.7. The van der Waals surface area contributed by atoms with Crippen LogP contribution >= 0.6 is 11.8 Å². The molecule has 0 amide bonds. The number of aliphatic hydroxyl groups excluding tert-OH is 1. The second-order valence-electron chi connectivity index (χ2n) is 7.41.